The number of benzene rings is 1. The fraction of sp³-hybridized carbons (Fsp3) is 0.500. The molecule has 0 spiro atoms. The minimum Gasteiger partial charge on any atom is -0.0749 e. The molecule has 1 aliphatic carbocycles. The first-order chi connectivity index (χ1) is 10.1. The molecule has 1 aromatic rings. The van der Waals surface area contributed by atoms with Gasteiger partial charge in [-0.25, -0.2) is 0 Å². The van der Waals surface area contributed by atoms with Gasteiger partial charge in [0, 0.05) is 0 Å². The Morgan fingerprint density at radius 3 is 1.30 bits per heavy atom. The first-order valence-corrected chi connectivity index (χ1v) is 14.4. The maximum atomic E-state index is 3.97. The lowest BCUT2D eigenvalue weighted by Crippen LogP contribution is -2.76. The lowest BCUT2D eigenvalue weighted by atomic mass is 9.82. The largest absolute Gasteiger partial charge is 0.135 e. The number of hydrogen-bond donors (Lipinski definition) is 0. The maximum Gasteiger partial charge on any atom is 0.135 e. The molecule has 1 aliphatic rings. The van der Waals surface area contributed by atoms with Gasteiger partial charge in [0.1, 0.15) is 20.5 Å². The predicted molar refractivity (Wildman–Crippen MR) is 139 cm³/mol. The van der Waals surface area contributed by atoms with Gasteiger partial charge in [-0.3, -0.25) is 0 Å². The average Bonchev–Trinajstić information content (AvgIpc) is 2.45. The lowest BCUT2D eigenvalue weighted by Gasteiger charge is -2.66. The molecule has 1 fully saturated rings. The molecule has 0 atom stereocenters. The fourth-order valence-corrected chi connectivity index (χ4v) is 15.1. The maximum absolute atomic E-state index is 3.97. The van der Waals surface area contributed by atoms with Crippen molar-refractivity contribution in [2.24, 2.45) is 0 Å². The van der Waals surface area contributed by atoms with E-state index >= 15 is 0 Å². The summed E-state index contributed by atoms with van der Waals surface area (Å²) in [4.78, 5) is 0. The molecule has 11 heteroatoms. The Hall–Kier alpha value is 4.50. The van der Waals surface area contributed by atoms with E-state index in [0.717, 1.165) is 5.56 Å². The summed E-state index contributed by atoms with van der Waals surface area (Å²) < 4.78 is -4.41. The first kappa shape index (κ1) is 23.8. The number of halogens is 11. The highest BCUT2D eigenvalue weighted by Gasteiger charge is 2.84. The van der Waals surface area contributed by atoms with Crippen LogP contribution in [0.25, 0.3) is 0 Å². The molecule has 0 nitrogen and oxygen atoms in total. The van der Waals surface area contributed by atoms with Gasteiger partial charge in [-0.05, 0) is 11.6 Å². The van der Waals surface area contributed by atoms with Gasteiger partial charge < -0.3 is 0 Å². The van der Waals surface area contributed by atoms with Crippen molar-refractivity contribution in [1.82, 2.24) is 0 Å². The topological polar surface area (TPSA) is 0 Å². The summed E-state index contributed by atoms with van der Waals surface area (Å²) in [5.74, 6) is 0. The summed E-state index contributed by atoms with van der Waals surface area (Å²) in [5, 5.41) is 0. The van der Waals surface area contributed by atoms with Crippen molar-refractivity contribution in [3.05, 3.63) is 35.9 Å². The van der Waals surface area contributed by atoms with Crippen molar-refractivity contribution >= 4 is 175 Å². The molecule has 1 radical (unpaired) electrons. The third-order valence-electron chi connectivity index (χ3n) is 3.52. The Labute approximate surface area is 227 Å². The van der Waals surface area contributed by atoms with Gasteiger partial charge in [0.2, 0.25) is 0 Å². The van der Waals surface area contributed by atoms with E-state index < -0.39 is 20.5 Å². The summed E-state index contributed by atoms with van der Waals surface area (Å²) in [6.45, 7) is 0. The molecule has 0 aromatic heterocycles. The zero-order valence-corrected chi connectivity index (χ0v) is 27.9. The Kier molecular flexibility index (Phi) is 7.57. The quantitative estimate of drug-likeness (QED) is 0.246. The van der Waals surface area contributed by atoms with Gasteiger partial charge >= 0.3 is 0 Å². The van der Waals surface area contributed by atoms with E-state index in [-0.39, 0.29) is 0 Å². The molecule has 129 valence electrons. The van der Waals surface area contributed by atoms with Crippen LogP contribution in [0.3, 0.4) is 0 Å². The summed E-state index contributed by atoms with van der Waals surface area (Å²) in [5.41, 5.74) is 0.921. The highest BCUT2D eigenvalue weighted by Crippen LogP contribution is 2.83. The van der Waals surface area contributed by atoms with Crippen LogP contribution in [0.2, 0.25) is 0 Å². The normalized spacial score (nSPS) is 29.0. The Morgan fingerprint density at radius 2 is 0.957 bits per heavy atom. The van der Waals surface area contributed by atoms with Crippen LogP contribution in [0.1, 0.15) is 5.56 Å². The summed E-state index contributed by atoms with van der Waals surface area (Å²) in [6, 6.07) is 11.1. The van der Waals surface area contributed by atoms with Gasteiger partial charge in [0.25, 0.3) is 0 Å². The van der Waals surface area contributed by atoms with E-state index in [0.29, 0.717) is 0 Å². The van der Waals surface area contributed by atoms with Crippen molar-refractivity contribution in [3.63, 3.8) is 0 Å². The van der Waals surface area contributed by atoms with Crippen molar-refractivity contribution < 1.29 is 0 Å². The molecule has 1 saturated carbocycles. The third kappa shape index (κ3) is 3.03. The lowest BCUT2D eigenvalue weighted by molar-refractivity contribution is 0.410. The van der Waals surface area contributed by atoms with Crippen LogP contribution in [-0.4, -0.2) is 16.2 Å². The van der Waals surface area contributed by atoms with Crippen molar-refractivity contribution in [1.29, 1.82) is 0 Å². The molecule has 0 N–H and O–H groups in total. The van der Waals surface area contributed by atoms with Gasteiger partial charge in [-0.2, -0.15) is 0 Å². The number of rotatable bonds is 1. The molecular weight excluding hydrogens is 1020 g/mol. The van der Waals surface area contributed by atoms with E-state index in [1.165, 1.54) is 0 Å². The summed E-state index contributed by atoms with van der Waals surface area (Å²) in [7, 11) is 0. The van der Waals surface area contributed by atoms with E-state index in [1.807, 2.05) is 24.3 Å². The van der Waals surface area contributed by atoms with Gasteiger partial charge in [-0.1, -0.05) is 199 Å². The monoisotopic (exact) mass is 1020 g/mol. The SMILES string of the molecule is BrC1(Br)C(Br)(Br)C(Br)(Br)C(Br)(c2[c]cccc2)C(Br)(Br)C1(Br)Br. The standard InChI is InChI=1S/C12H4Br11/c13-7(6-4-2-1-3-5-6)8(14,15)10(18,19)12(22,23)11(20,21)9(7,16)17/h1-4H. The molecule has 0 bridgehead atoms. The van der Waals surface area contributed by atoms with Crippen molar-refractivity contribution in [3.8, 4) is 0 Å². The third-order valence-corrected chi connectivity index (χ3v) is 27.7. The minimum absolute atomic E-state index is 0.716. The van der Waals surface area contributed by atoms with Crippen LogP contribution < -0.4 is 0 Å². The smallest absolute Gasteiger partial charge is 0.0749 e. The Morgan fingerprint density at radius 1 is 0.565 bits per heavy atom. The van der Waals surface area contributed by atoms with Crippen LogP contribution in [-0.2, 0) is 4.32 Å². The van der Waals surface area contributed by atoms with Crippen LogP contribution in [0.5, 0.6) is 0 Å². The first-order valence-electron chi connectivity index (χ1n) is 5.66. The van der Waals surface area contributed by atoms with Crippen LogP contribution in [0, 0.1) is 6.07 Å². The van der Waals surface area contributed by atoms with Gasteiger partial charge in [0.15, 0.2) is 0 Å². The second kappa shape index (κ2) is 7.33. The zero-order valence-electron chi connectivity index (χ0n) is 10.5. The number of hydrogen-bond acceptors (Lipinski definition) is 0. The van der Waals surface area contributed by atoms with Crippen molar-refractivity contribution in [2.75, 3.05) is 0 Å². The highest BCUT2D eigenvalue weighted by atomic mass is 79.9. The summed E-state index contributed by atoms with van der Waals surface area (Å²) in [6.07, 6.45) is 0. The molecule has 0 unspecified atom stereocenters. The predicted octanol–water partition coefficient (Wildman–Crippen LogP) is 9.52. The summed E-state index contributed by atoms with van der Waals surface area (Å²) >= 11 is 42.3. The molecule has 0 saturated heterocycles. The zero-order chi connectivity index (χ0) is 18.1. The molecule has 23 heavy (non-hydrogen) atoms. The van der Waals surface area contributed by atoms with Crippen LogP contribution in [0.15, 0.2) is 24.3 Å². The van der Waals surface area contributed by atoms with E-state index in [9.17, 15) is 0 Å². The molecule has 2 rings (SSSR count). The average molecular weight is 1030 g/mol. The van der Waals surface area contributed by atoms with Gasteiger partial charge in [0.05, 0.1) is 0 Å². The van der Waals surface area contributed by atoms with E-state index in [2.05, 4.69) is 181 Å². The van der Waals surface area contributed by atoms with Crippen molar-refractivity contribution in [2.45, 2.75) is 20.5 Å². The molecule has 0 amide bonds. The Balaban J connectivity index is 2.91. The molecular formula is C12H4Br11. The van der Waals surface area contributed by atoms with Crippen LogP contribution in [0.4, 0.5) is 0 Å². The second-order valence-electron chi connectivity index (χ2n) is 4.81. The second-order valence-corrected chi connectivity index (χ2v) is 23.2. The van der Waals surface area contributed by atoms with E-state index in [1.54, 1.807) is 0 Å². The van der Waals surface area contributed by atoms with E-state index in [4.69, 9.17) is 0 Å². The molecule has 0 heterocycles. The van der Waals surface area contributed by atoms with Crippen LogP contribution >= 0.6 is 175 Å². The highest BCUT2D eigenvalue weighted by molar-refractivity contribution is 9.36. The number of alkyl halides is 11. The molecule has 1 aromatic carbocycles. The van der Waals surface area contributed by atoms with Gasteiger partial charge in [-0.15, -0.1) is 0 Å². The molecule has 0 aliphatic heterocycles. The fourth-order valence-electron chi connectivity index (χ4n) is 2.17. The minimum atomic E-state index is -0.747. The Bertz CT molecular complexity index is 575.